The molecule has 0 saturated heterocycles. The zero-order valence-electron chi connectivity index (χ0n) is 11.0. The third-order valence-electron chi connectivity index (χ3n) is 2.57. The average Bonchev–Trinajstić information content (AvgIpc) is 2.45. The number of nitrogens with two attached hydrogens (primary N) is 1. The van der Waals surface area contributed by atoms with Crippen LogP contribution in [0.25, 0.3) is 0 Å². The number of rotatable bonds is 5. The first-order valence-corrected chi connectivity index (χ1v) is 6.13. The number of aliphatic hydroxyl groups is 2. The van der Waals surface area contributed by atoms with Crippen molar-refractivity contribution in [3.05, 3.63) is 35.1 Å². The van der Waals surface area contributed by atoms with Gasteiger partial charge >= 0.3 is 0 Å². The summed E-state index contributed by atoms with van der Waals surface area (Å²) in [4.78, 5) is 13.3. The molecular formula is C14H17FN2O3. The summed E-state index contributed by atoms with van der Waals surface area (Å²) in [6, 6.07) is 3.94. The van der Waals surface area contributed by atoms with Crippen LogP contribution in [0.3, 0.4) is 0 Å². The van der Waals surface area contributed by atoms with Gasteiger partial charge in [-0.2, -0.15) is 0 Å². The Hall–Kier alpha value is -1.94. The quantitative estimate of drug-likeness (QED) is 0.638. The van der Waals surface area contributed by atoms with Gasteiger partial charge < -0.3 is 20.8 Å². The minimum atomic E-state index is -0.607. The maximum absolute atomic E-state index is 13.8. The number of carbonyl (C=O) groups is 1. The molecule has 1 amide bonds. The smallest absolute Gasteiger partial charge is 0.254 e. The number of hydrogen-bond donors (Lipinski definition) is 3. The third kappa shape index (κ3) is 4.31. The highest BCUT2D eigenvalue weighted by atomic mass is 19.1. The molecule has 1 rings (SSSR count). The molecule has 5 nitrogen and oxygen atoms in total. The Morgan fingerprint density at radius 3 is 2.45 bits per heavy atom. The maximum Gasteiger partial charge on any atom is 0.254 e. The first-order chi connectivity index (χ1) is 9.63. The Kier molecular flexibility index (Phi) is 6.67. The Morgan fingerprint density at radius 2 is 1.95 bits per heavy atom. The molecule has 0 aliphatic heterocycles. The van der Waals surface area contributed by atoms with Gasteiger partial charge in [0.2, 0.25) is 0 Å². The van der Waals surface area contributed by atoms with Gasteiger partial charge in [-0.05, 0) is 18.2 Å². The molecule has 1 aromatic carbocycles. The molecule has 0 aliphatic carbocycles. The van der Waals surface area contributed by atoms with Gasteiger partial charge in [-0.15, -0.1) is 0 Å². The SMILES string of the molecule is NCC#Cc1ccc(C(=O)N(CCO)CCO)cc1F. The molecule has 0 fully saturated rings. The fraction of sp³-hybridized carbons (Fsp3) is 0.357. The summed E-state index contributed by atoms with van der Waals surface area (Å²) in [5, 5.41) is 17.8. The molecule has 0 aromatic heterocycles. The molecule has 0 unspecified atom stereocenters. The van der Waals surface area contributed by atoms with Gasteiger partial charge in [0.25, 0.3) is 5.91 Å². The molecule has 0 heterocycles. The van der Waals surface area contributed by atoms with Crippen molar-refractivity contribution in [1.82, 2.24) is 4.90 Å². The van der Waals surface area contributed by atoms with Crippen LogP contribution in [0.4, 0.5) is 4.39 Å². The van der Waals surface area contributed by atoms with Crippen LogP contribution in [-0.4, -0.2) is 53.9 Å². The number of benzene rings is 1. The van der Waals surface area contributed by atoms with Gasteiger partial charge in [-0.3, -0.25) is 4.79 Å². The number of halogens is 1. The van der Waals surface area contributed by atoms with Crippen molar-refractivity contribution in [3.63, 3.8) is 0 Å². The fourth-order valence-corrected chi connectivity index (χ4v) is 1.63. The zero-order valence-corrected chi connectivity index (χ0v) is 11.0. The molecule has 0 atom stereocenters. The first kappa shape index (κ1) is 16.1. The number of carbonyl (C=O) groups excluding carboxylic acids is 1. The molecular weight excluding hydrogens is 263 g/mol. The number of hydrogen-bond acceptors (Lipinski definition) is 4. The van der Waals surface area contributed by atoms with Crippen molar-refractivity contribution in [3.8, 4) is 11.8 Å². The molecule has 20 heavy (non-hydrogen) atoms. The Balaban J connectivity index is 2.95. The van der Waals surface area contributed by atoms with Gasteiger partial charge in [0, 0.05) is 18.7 Å². The lowest BCUT2D eigenvalue weighted by Crippen LogP contribution is -2.35. The third-order valence-corrected chi connectivity index (χ3v) is 2.57. The van der Waals surface area contributed by atoms with Crippen LogP contribution in [0.15, 0.2) is 18.2 Å². The van der Waals surface area contributed by atoms with Gasteiger partial charge in [0.1, 0.15) is 5.82 Å². The molecule has 108 valence electrons. The van der Waals surface area contributed by atoms with E-state index < -0.39 is 11.7 Å². The highest BCUT2D eigenvalue weighted by molar-refractivity contribution is 5.94. The second-order valence-electron chi connectivity index (χ2n) is 3.94. The average molecular weight is 280 g/mol. The van der Waals surface area contributed by atoms with Crippen LogP contribution >= 0.6 is 0 Å². The van der Waals surface area contributed by atoms with Crippen molar-refractivity contribution in [2.45, 2.75) is 0 Å². The number of nitrogens with zero attached hydrogens (tertiary/aromatic N) is 1. The van der Waals surface area contributed by atoms with Crippen molar-refractivity contribution in [2.75, 3.05) is 32.8 Å². The highest BCUT2D eigenvalue weighted by Crippen LogP contribution is 2.11. The van der Waals surface area contributed by atoms with Crippen LogP contribution in [0.2, 0.25) is 0 Å². The Labute approximate surface area is 116 Å². The topological polar surface area (TPSA) is 86.8 Å². The maximum atomic E-state index is 13.8. The lowest BCUT2D eigenvalue weighted by Gasteiger charge is -2.20. The van der Waals surface area contributed by atoms with E-state index in [9.17, 15) is 9.18 Å². The molecule has 0 radical (unpaired) electrons. The first-order valence-electron chi connectivity index (χ1n) is 6.13. The fourth-order valence-electron chi connectivity index (χ4n) is 1.63. The molecule has 0 spiro atoms. The summed E-state index contributed by atoms with van der Waals surface area (Å²) in [5.41, 5.74) is 5.52. The molecule has 0 saturated carbocycles. The van der Waals surface area contributed by atoms with Crippen molar-refractivity contribution in [2.24, 2.45) is 5.73 Å². The second-order valence-corrected chi connectivity index (χ2v) is 3.94. The van der Waals surface area contributed by atoms with E-state index in [0.29, 0.717) is 0 Å². The molecule has 6 heteroatoms. The van der Waals surface area contributed by atoms with E-state index in [2.05, 4.69) is 11.8 Å². The summed E-state index contributed by atoms with van der Waals surface area (Å²) in [5.74, 6) is 4.04. The monoisotopic (exact) mass is 280 g/mol. The Bertz CT molecular complexity index is 517. The summed E-state index contributed by atoms with van der Waals surface area (Å²) in [6.07, 6.45) is 0. The largest absolute Gasteiger partial charge is 0.395 e. The van der Waals surface area contributed by atoms with Crippen molar-refractivity contribution in [1.29, 1.82) is 0 Å². The normalized spacial score (nSPS) is 9.80. The number of aliphatic hydroxyl groups excluding tert-OH is 2. The number of amides is 1. The van der Waals surface area contributed by atoms with Crippen LogP contribution in [0.5, 0.6) is 0 Å². The lowest BCUT2D eigenvalue weighted by atomic mass is 10.1. The summed E-state index contributed by atoms with van der Waals surface area (Å²) in [6.45, 7) is -0.172. The van der Waals surface area contributed by atoms with Crippen molar-refractivity contribution < 1.29 is 19.4 Å². The minimum absolute atomic E-state index is 0.0791. The molecule has 4 N–H and O–H groups in total. The van der Waals surface area contributed by atoms with Crippen LogP contribution < -0.4 is 5.73 Å². The highest BCUT2D eigenvalue weighted by Gasteiger charge is 2.16. The van der Waals surface area contributed by atoms with E-state index in [4.69, 9.17) is 15.9 Å². The van der Waals surface area contributed by atoms with E-state index in [-0.39, 0.29) is 44.0 Å². The lowest BCUT2D eigenvalue weighted by molar-refractivity contribution is 0.0684. The predicted octanol–water partition coefficient (Wildman–Crippen LogP) is -0.437. The van der Waals surface area contributed by atoms with Crippen LogP contribution in [0.1, 0.15) is 15.9 Å². The van der Waals surface area contributed by atoms with E-state index in [1.807, 2.05) is 0 Å². The Morgan fingerprint density at radius 1 is 1.30 bits per heavy atom. The van der Waals surface area contributed by atoms with Crippen molar-refractivity contribution >= 4 is 5.91 Å². The van der Waals surface area contributed by atoms with E-state index >= 15 is 0 Å². The summed E-state index contributed by atoms with van der Waals surface area (Å²) in [7, 11) is 0. The van der Waals surface area contributed by atoms with Gasteiger partial charge in [-0.1, -0.05) is 11.8 Å². The van der Waals surface area contributed by atoms with Gasteiger partial charge in [0.05, 0.1) is 25.3 Å². The predicted molar refractivity (Wildman–Crippen MR) is 72.4 cm³/mol. The second kappa shape index (κ2) is 8.27. The van der Waals surface area contributed by atoms with Gasteiger partial charge in [0.15, 0.2) is 0 Å². The molecule has 0 bridgehead atoms. The molecule has 1 aromatic rings. The van der Waals surface area contributed by atoms with Crippen LogP contribution in [-0.2, 0) is 0 Å². The molecule has 0 aliphatic rings. The zero-order chi connectivity index (χ0) is 15.0. The van der Waals surface area contributed by atoms with Gasteiger partial charge in [-0.25, -0.2) is 4.39 Å². The standard InChI is InChI=1S/C14H17FN2O3/c15-13-10-12(4-3-11(13)2-1-5-16)14(20)17(6-8-18)7-9-19/h3-4,10,18-19H,5-9,16H2. The van der Waals surface area contributed by atoms with E-state index in [1.54, 1.807) is 0 Å². The van der Waals surface area contributed by atoms with E-state index in [1.165, 1.54) is 17.0 Å². The van der Waals surface area contributed by atoms with E-state index in [0.717, 1.165) is 6.07 Å². The summed E-state index contributed by atoms with van der Waals surface area (Å²) < 4.78 is 13.8. The minimum Gasteiger partial charge on any atom is -0.395 e. The summed E-state index contributed by atoms with van der Waals surface area (Å²) >= 11 is 0. The van der Waals surface area contributed by atoms with Crippen LogP contribution in [0, 0.1) is 17.7 Å².